The van der Waals surface area contributed by atoms with Gasteiger partial charge in [0, 0.05) is 84.7 Å². The van der Waals surface area contributed by atoms with Crippen molar-refractivity contribution in [1.29, 1.82) is 0 Å². The van der Waals surface area contributed by atoms with Crippen LogP contribution in [0.5, 0.6) is 0 Å². The number of benzene rings is 6. The Morgan fingerprint density at radius 1 is 0.246 bits per heavy atom. The number of hydrogen-bond acceptors (Lipinski definition) is 7. The van der Waals surface area contributed by atoms with E-state index in [1.807, 2.05) is 36.8 Å². The van der Waals surface area contributed by atoms with E-state index in [1.165, 1.54) is 0 Å². The summed E-state index contributed by atoms with van der Waals surface area (Å²) in [6.07, 6.45) is 5.48. The lowest BCUT2D eigenvalue weighted by Crippen LogP contribution is -2.10. The third-order valence-corrected chi connectivity index (χ3v) is 11.6. The molecule has 0 N–H and O–H groups in total. The van der Waals surface area contributed by atoms with E-state index >= 15 is 0 Å². The van der Waals surface area contributed by atoms with Gasteiger partial charge >= 0.3 is 0 Å². The summed E-state index contributed by atoms with van der Waals surface area (Å²) in [7, 11) is 0. The zero-order valence-electron chi connectivity index (χ0n) is 32.7. The highest BCUT2D eigenvalue weighted by Gasteiger charge is 2.16. The van der Waals surface area contributed by atoms with Crippen molar-refractivity contribution in [1.82, 2.24) is 29.9 Å². The van der Waals surface area contributed by atoms with E-state index in [0.717, 1.165) is 116 Å². The molecule has 0 amide bonds. The predicted molar refractivity (Wildman–Crippen MR) is 249 cm³/mol. The lowest BCUT2D eigenvalue weighted by Gasteiger charge is -2.26. The summed E-state index contributed by atoms with van der Waals surface area (Å²) in [5.74, 6) is 0. The van der Waals surface area contributed by atoms with Crippen LogP contribution >= 0.6 is 0 Å². The number of aromatic nitrogens is 6. The van der Waals surface area contributed by atoms with E-state index in [0.29, 0.717) is 0 Å². The Hall–Kier alpha value is -8.42. The molecule has 0 bridgehead atoms. The van der Waals surface area contributed by atoms with Gasteiger partial charge in [-0.1, -0.05) is 109 Å². The average Bonchev–Trinajstić information content (AvgIpc) is 3.34. The maximum atomic E-state index is 5.12. The van der Waals surface area contributed by atoms with Crippen molar-refractivity contribution >= 4 is 82.5 Å². The second-order valence-corrected chi connectivity index (χ2v) is 15.2. The van der Waals surface area contributed by atoms with Gasteiger partial charge in [0.25, 0.3) is 0 Å². The minimum Gasteiger partial charge on any atom is -0.311 e. The first-order valence-corrected chi connectivity index (χ1v) is 20.3. The molecule has 6 aromatic carbocycles. The Bertz CT molecular complexity index is 3260. The maximum absolute atomic E-state index is 5.12. The van der Waals surface area contributed by atoms with Crippen molar-refractivity contribution in [2.24, 2.45) is 0 Å². The predicted octanol–water partition coefficient (Wildman–Crippen LogP) is 13.4. The van der Waals surface area contributed by atoms with Crippen LogP contribution in [0.25, 0.3) is 99.2 Å². The van der Waals surface area contributed by atoms with Gasteiger partial charge in [0.2, 0.25) is 0 Å². The molecule has 0 saturated carbocycles. The highest BCUT2D eigenvalue weighted by molar-refractivity contribution is 6.05. The van der Waals surface area contributed by atoms with Gasteiger partial charge in [-0.15, -0.1) is 0 Å². The Balaban J connectivity index is 0.930. The van der Waals surface area contributed by atoms with Crippen LogP contribution in [0.1, 0.15) is 0 Å². The van der Waals surface area contributed by atoms with Crippen LogP contribution in [0.15, 0.2) is 201 Å². The topological polar surface area (TPSA) is 80.6 Å². The molecule has 0 saturated heterocycles. The fourth-order valence-corrected chi connectivity index (χ4v) is 8.44. The molecule has 6 heterocycles. The van der Waals surface area contributed by atoms with Gasteiger partial charge in [0.15, 0.2) is 0 Å². The zero-order valence-corrected chi connectivity index (χ0v) is 32.7. The molecule has 61 heavy (non-hydrogen) atoms. The fourth-order valence-electron chi connectivity index (χ4n) is 8.44. The summed E-state index contributed by atoms with van der Waals surface area (Å²) < 4.78 is 0. The minimum atomic E-state index is 0.897. The molecular formula is C54H33N7. The molecular weight excluding hydrogens is 747 g/mol. The van der Waals surface area contributed by atoms with Gasteiger partial charge in [-0.25, -0.2) is 15.0 Å². The van der Waals surface area contributed by atoms with Crippen molar-refractivity contribution in [3.8, 4) is 33.8 Å². The summed E-state index contributed by atoms with van der Waals surface area (Å²) in [5, 5.41) is 6.43. The Kier molecular flexibility index (Phi) is 8.03. The van der Waals surface area contributed by atoms with Crippen LogP contribution in [-0.4, -0.2) is 29.9 Å². The normalized spacial score (nSPS) is 11.6. The molecule has 6 aromatic heterocycles. The molecule has 0 aliphatic heterocycles. The molecule has 0 spiro atoms. The molecule has 0 unspecified atom stereocenters. The molecule has 0 fully saturated rings. The van der Waals surface area contributed by atoms with E-state index in [4.69, 9.17) is 15.0 Å². The van der Waals surface area contributed by atoms with Crippen molar-refractivity contribution in [2.75, 3.05) is 4.90 Å². The largest absolute Gasteiger partial charge is 0.311 e. The average molecular weight is 780 g/mol. The van der Waals surface area contributed by atoms with Crippen LogP contribution in [0, 0.1) is 0 Å². The van der Waals surface area contributed by atoms with Gasteiger partial charge in [-0.05, 0) is 72.8 Å². The van der Waals surface area contributed by atoms with Gasteiger partial charge in [0.05, 0.1) is 50.2 Å². The van der Waals surface area contributed by atoms with Crippen molar-refractivity contribution in [3.05, 3.63) is 201 Å². The van der Waals surface area contributed by atoms with Crippen LogP contribution < -0.4 is 4.90 Å². The van der Waals surface area contributed by atoms with E-state index in [1.54, 1.807) is 0 Å². The first kappa shape index (κ1) is 34.6. The number of rotatable bonds is 6. The lowest BCUT2D eigenvalue weighted by molar-refractivity contribution is 1.28. The molecule has 284 valence electrons. The zero-order chi connectivity index (χ0) is 40.3. The fraction of sp³-hybridized carbons (Fsp3) is 0. The number of hydrogen-bond donors (Lipinski definition) is 0. The van der Waals surface area contributed by atoms with Gasteiger partial charge in [-0.2, -0.15) is 0 Å². The lowest BCUT2D eigenvalue weighted by atomic mass is 10.0. The second kappa shape index (κ2) is 14.1. The quantitative estimate of drug-likeness (QED) is 0.155. The number of nitrogens with zero attached hydrogens (tertiary/aromatic N) is 7. The molecule has 0 aliphatic rings. The number of anilines is 3. The Labute approximate surface area is 350 Å². The molecule has 7 heteroatoms. The molecule has 12 rings (SSSR count). The van der Waals surface area contributed by atoms with Crippen molar-refractivity contribution in [2.45, 2.75) is 0 Å². The van der Waals surface area contributed by atoms with E-state index < -0.39 is 0 Å². The van der Waals surface area contributed by atoms with E-state index in [9.17, 15) is 0 Å². The summed E-state index contributed by atoms with van der Waals surface area (Å²) in [6.45, 7) is 0. The minimum absolute atomic E-state index is 0.897. The highest BCUT2D eigenvalue weighted by Crippen LogP contribution is 2.38. The third-order valence-electron chi connectivity index (χ3n) is 11.6. The van der Waals surface area contributed by atoms with E-state index in [-0.39, 0.29) is 0 Å². The first-order chi connectivity index (χ1) is 30.2. The van der Waals surface area contributed by atoms with Crippen molar-refractivity contribution < 1.29 is 0 Å². The van der Waals surface area contributed by atoms with Crippen LogP contribution in [0.3, 0.4) is 0 Å². The smallest absolute Gasteiger partial charge is 0.0972 e. The summed E-state index contributed by atoms with van der Waals surface area (Å²) in [6, 6.07) is 63.2. The Morgan fingerprint density at radius 3 is 0.803 bits per heavy atom. The van der Waals surface area contributed by atoms with Crippen LogP contribution in [0.4, 0.5) is 17.1 Å². The van der Waals surface area contributed by atoms with Crippen molar-refractivity contribution in [3.63, 3.8) is 0 Å². The molecule has 7 nitrogen and oxygen atoms in total. The summed E-state index contributed by atoms with van der Waals surface area (Å²) in [5.41, 5.74) is 14.2. The second-order valence-electron chi connectivity index (χ2n) is 15.2. The first-order valence-electron chi connectivity index (χ1n) is 20.3. The van der Waals surface area contributed by atoms with Crippen LogP contribution in [-0.2, 0) is 0 Å². The highest BCUT2D eigenvalue weighted by atomic mass is 15.1. The molecule has 0 aliphatic carbocycles. The summed E-state index contributed by atoms with van der Waals surface area (Å²) >= 11 is 0. The molecule has 0 radical (unpaired) electrons. The van der Waals surface area contributed by atoms with Crippen LogP contribution in [0.2, 0.25) is 0 Å². The van der Waals surface area contributed by atoms with Gasteiger partial charge in [-0.3, -0.25) is 15.0 Å². The number of fused-ring (bicyclic) bond motifs is 9. The SMILES string of the molecule is c1cnc2c(c1)ccc1ccc(-c3ccc(N(c4ccc(-c5ccc6ccc7cccnc7c6n5)cc4)c4ccc(-c5ccc6ccc7cccnc7c6n5)cc4)cc3)nc12. The third kappa shape index (κ3) is 6.07. The number of pyridine rings is 6. The van der Waals surface area contributed by atoms with Gasteiger partial charge < -0.3 is 4.90 Å². The monoisotopic (exact) mass is 779 g/mol. The standard InChI is InChI=1S/C54H33N7/c1-4-37-7-10-40-19-28-46(58-52(40)49(37)55-31-1)34-13-22-43(23-14-34)61(44-24-15-35(16-25-44)47-29-20-41-11-8-38-5-2-32-56-50(38)53(41)59-47)45-26-17-36(18-27-45)48-30-21-42-12-9-39-6-3-33-57-51(39)54(42)60-48/h1-33H. The molecule has 12 aromatic rings. The maximum Gasteiger partial charge on any atom is 0.0972 e. The summed E-state index contributed by atoms with van der Waals surface area (Å²) in [4.78, 5) is 31.6. The molecule has 0 atom stereocenters. The Morgan fingerprint density at radius 2 is 0.508 bits per heavy atom. The van der Waals surface area contributed by atoms with Gasteiger partial charge in [0.1, 0.15) is 0 Å². The van der Waals surface area contributed by atoms with E-state index in [2.05, 4.69) is 184 Å².